The zero-order valence-corrected chi connectivity index (χ0v) is 23.6. The van der Waals surface area contributed by atoms with Crippen molar-refractivity contribution in [1.29, 1.82) is 0 Å². The SMILES string of the molecule is c1ccc(N(c2ccc3c(c2)sc2cc4ccccc4cc23)c2ccc3ccc4ccc5ccccc5c4c3c2)cc1. The Balaban J connectivity index is 1.29. The molecule has 0 saturated heterocycles. The molecule has 196 valence electrons. The molecule has 42 heavy (non-hydrogen) atoms. The number of hydrogen-bond acceptors (Lipinski definition) is 2. The highest BCUT2D eigenvalue weighted by atomic mass is 32.1. The average Bonchev–Trinajstić information content (AvgIpc) is 3.40. The Labute approximate surface area is 247 Å². The summed E-state index contributed by atoms with van der Waals surface area (Å²) in [6.07, 6.45) is 0. The van der Waals surface area contributed by atoms with Crippen LogP contribution >= 0.6 is 11.3 Å². The van der Waals surface area contributed by atoms with E-state index in [1.165, 1.54) is 63.3 Å². The molecule has 0 atom stereocenters. The van der Waals surface area contributed by atoms with Crippen LogP contribution in [0.15, 0.2) is 152 Å². The maximum atomic E-state index is 2.39. The maximum absolute atomic E-state index is 2.39. The number of benzene rings is 8. The predicted octanol–water partition coefficient (Wildman–Crippen LogP) is 12.1. The first-order valence-electron chi connectivity index (χ1n) is 14.3. The van der Waals surface area contributed by atoms with Crippen molar-refractivity contribution < 1.29 is 0 Å². The standard InChI is InChI=1S/C40H25NS/c1-2-11-31(12-3-1)41(33-20-21-35-37-22-29-9-4-5-10-30(29)23-38(37)42-39(35)25-33)32-19-18-27-15-17-28-16-14-26-8-6-7-13-34(26)40(28)36(27)24-32/h1-25H. The average molecular weight is 552 g/mol. The Morgan fingerprint density at radius 2 is 0.929 bits per heavy atom. The van der Waals surface area contributed by atoms with E-state index in [4.69, 9.17) is 0 Å². The van der Waals surface area contributed by atoms with E-state index in [-0.39, 0.29) is 0 Å². The van der Waals surface area contributed by atoms with Gasteiger partial charge in [0.25, 0.3) is 0 Å². The molecule has 9 aromatic rings. The normalized spacial score (nSPS) is 11.8. The van der Waals surface area contributed by atoms with Gasteiger partial charge in [0.05, 0.1) is 0 Å². The summed E-state index contributed by atoms with van der Waals surface area (Å²) in [6.45, 7) is 0. The van der Waals surface area contributed by atoms with Crippen molar-refractivity contribution >= 4 is 91.7 Å². The van der Waals surface area contributed by atoms with Crippen molar-refractivity contribution in [3.05, 3.63) is 152 Å². The van der Waals surface area contributed by atoms with E-state index in [9.17, 15) is 0 Å². The lowest BCUT2D eigenvalue weighted by molar-refractivity contribution is 1.30. The van der Waals surface area contributed by atoms with Gasteiger partial charge in [0.1, 0.15) is 0 Å². The Bertz CT molecular complexity index is 2470. The minimum absolute atomic E-state index is 1.15. The van der Waals surface area contributed by atoms with Crippen LogP contribution < -0.4 is 4.90 Å². The second kappa shape index (κ2) is 9.17. The van der Waals surface area contributed by atoms with Crippen LogP contribution in [0.2, 0.25) is 0 Å². The Morgan fingerprint density at radius 3 is 1.76 bits per heavy atom. The molecule has 0 radical (unpaired) electrons. The fraction of sp³-hybridized carbons (Fsp3) is 0. The zero-order valence-electron chi connectivity index (χ0n) is 22.8. The molecule has 8 aromatic carbocycles. The Kier molecular flexibility index (Phi) is 5.13. The van der Waals surface area contributed by atoms with Crippen LogP contribution in [-0.2, 0) is 0 Å². The first-order chi connectivity index (χ1) is 20.8. The van der Waals surface area contributed by atoms with Crippen molar-refractivity contribution in [2.45, 2.75) is 0 Å². The van der Waals surface area contributed by atoms with Crippen molar-refractivity contribution in [3.63, 3.8) is 0 Å². The van der Waals surface area contributed by atoms with Gasteiger partial charge in [0, 0.05) is 37.2 Å². The molecule has 2 heteroatoms. The van der Waals surface area contributed by atoms with Crippen molar-refractivity contribution in [2.24, 2.45) is 0 Å². The van der Waals surface area contributed by atoms with Gasteiger partial charge in [-0.3, -0.25) is 0 Å². The van der Waals surface area contributed by atoms with E-state index in [1.54, 1.807) is 0 Å². The molecule has 0 unspecified atom stereocenters. The molecule has 9 rings (SSSR count). The monoisotopic (exact) mass is 551 g/mol. The molecule has 1 heterocycles. The van der Waals surface area contributed by atoms with Gasteiger partial charge in [0.2, 0.25) is 0 Å². The minimum atomic E-state index is 1.15. The van der Waals surface area contributed by atoms with E-state index in [0.29, 0.717) is 0 Å². The van der Waals surface area contributed by atoms with Gasteiger partial charge in [-0.2, -0.15) is 0 Å². The third-order valence-electron chi connectivity index (χ3n) is 8.56. The first-order valence-corrected chi connectivity index (χ1v) is 15.2. The van der Waals surface area contributed by atoms with Crippen molar-refractivity contribution in [1.82, 2.24) is 0 Å². The maximum Gasteiger partial charge on any atom is 0.0476 e. The number of anilines is 3. The summed E-state index contributed by atoms with van der Waals surface area (Å²) in [5, 5.41) is 12.9. The summed E-state index contributed by atoms with van der Waals surface area (Å²) >= 11 is 1.88. The van der Waals surface area contributed by atoms with Crippen LogP contribution in [0.4, 0.5) is 17.1 Å². The molecule has 1 nitrogen and oxygen atoms in total. The van der Waals surface area contributed by atoms with E-state index in [0.717, 1.165) is 17.1 Å². The number of rotatable bonds is 3. The van der Waals surface area contributed by atoms with Crippen LogP contribution in [0, 0.1) is 0 Å². The molecular formula is C40H25NS. The molecule has 1 aromatic heterocycles. The topological polar surface area (TPSA) is 3.24 Å². The van der Waals surface area contributed by atoms with E-state index >= 15 is 0 Å². The lowest BCUT2D eigenvalue weighted by Gasteiger charge is -2.26. The summed E-state index contributed by atoms with van der Waals surface area (Å²) in [5.41, 5.74) is 3.46. The molecule has 0 N–H and O–H groups in total. The van der Waals surface area contributed by atoms with Crippen molar-refractivity contribution in [3.8, 4) is 0 Å². The third kappa shape index (κ3) is 3.62. The summed E-state index contributed by atoms with van der Waals surface area (Å²) in [6, 6.07) is 55.6. The Morgan fingerprint density at radius 1 is 0.333 bits per heavy atom. The van der Waals surface area contributed by atoms with Crippen LogP contribution in [0.25, 0.3) is 63.3 Å². The Hall–Kier alpha value is -5.18. The highest BCUT2D eigenvalue weighted by molar-refractivity contribution is 7.25. The largest absolute Gasteiger partial charge is 0.310 e. The molecule has 0 aliphatic carbocycles. The number of para-hydroxylation sites is 1. The molecule has 0 aliphatic rings. The van der Waals surface area contributed by atoms with Gasteiger partial charge in [-0.15, -0.1) is 11.3 Å². The lowest BCUT2D eigenvalue weighted by atomic mass is 9.96. The van der Waals surface area contributed by atoms with E-state index in [2.05, 4.69) is 157 Å². The molecule has 0 saturated carbocycles. The summed E-state index contributed by atoms with van der Waals surface area (Å²) in [7, 11) is 0. The minimum Gasteiger partial charge on any atom is -0.310 e. The molecule has 0 spiro atoms. The number of nitrogens with zero attached hydrogens (tertiary/aromatic N) is 1. The van der Waals surface area contributed by atoms with Gasteiger partial charge in [-0.1, -0.05) is 103 Å². The molecule has 0 amide bonds. The highest BCUT2D eigenvalue weighted by Gasteiger charge is 2.16. The van der Waals surface area contributed by atoms with Gasteiger partial charge in [-0.25, -0.2) is 0 Å². The fourth-order valence-corrected chi connectivity index (χ4v) is 7.74. The number of hydrogen-bond donors (Lipinski definition) is 0. The van der Waals surface area contributed by atoms with Crippen LogP contribution in [-0.4, -0.2) is 0 Å². The first kappa shape index (κ1) is 23.5. The van der Waals surface area contributed by atoms with E-state index in [1.807, 2.05) is 11.3 Å². The summed E-state index contributed by atoms with van der Waals surface area (Å²) in [4.78, 5) is 2.39. The van der Waals surface area contributed by atoms with Crippen molar-refractivity contribution in [2.75, 3.05) is 4.90 Å². The predicted molar refractivity (Wildman–Crippen MR) is 184 cm³/mol. The quantitative estimate of drug-likeness (QED) is 0.197. The summed E-state index contributed by atoms with van der Waals surface area (Å²) < 4.78 is 2.63. The lowest BCUT2D eigenvalue weighted by Crippen LogP contribution is -2.09. The second-order valence-corrected chi connectivity index (χ2v) is 12.1. The fourth-order valence-electron chi connectivity index (χ4n) is 6.57. The molecule has 0 bridgehead atoms. The number of fused-ring (bicyclic) bond motifs is 9. The van der Waals surface area contributed by atoms with Crippen LogP contribution in [0.5, 0.6) is 0 Å². The molecular weight excluding hydrogens is 527 g/mol. The zero-order chi connectivity index (χ0) is 27.6. The smallest absolute Gasteiger partial charge is 0.0476 e. The highest BCUT2D eigenvalue weighted by Crippen LogP contribution is 2.43. The molecule has 0 aliphatic heterocycles. The van der Waals surface area contributed by atoms with Gasteiger partial charge < -0.3 is 4.90 Å². The van der Waals surface area contributed by atoms with Crippen LogP contribution in [0.3, 0.4) is 0 Å². The van der Waals surface area contributed by atoms with Crippen LogP contribution in [0.1, 0.15) is 0 Å². The summed E-state index contributed by atoms with van der Waals surface area (Å²) in [5.74, 6) is 0. The third-order valence-corrected chi connectivity index (χ3v) is 9.68. The van der Waals surface area contributed by atoms with E-state index < -0.39 is 0 Å². The second-order valence-electron chi connectivity index (χ2n) is 11.0. The van der Waals surface area contributed by atoms with Gasteiger partial charge in [0.15, 0.2) is 0 Å². The number of thiophene rings is 1. The van der Waals surface area contributed by atoms with Gasteiger partial charge in [-0.05, 0) is 91.6 Å². The molecule has 0 fully saturated rings. The van der Waals surface area contributed by atoms with Gasteiger partial charge >= 0.3 is 0 Å².